The van der Waals surface area contributed by atoms with Crippen LogP contribution in [0.15, 0.2) is 24.3 Å². The van der Waals surface area contributed by atoms with Crippen molar-refractivity contribution in [3.63, 3.8) is 0 Å². The van der Waals surface area contributed by atoms with Crippen LogP contribution in [0.1, 0.15) is 24.8 Å². The normalized spacial score (nSPS) is 25.6. The van der Waals surface area contributed by atoms with Crippen molar-refractivity contribution in [1.82, 2.24) is 5.32 Å². The number of ether oxygens (including phenoxy) is 1. The lowest BCUT2D eigenvalue weighted by Crippen LogP contribution is -2.45. The van der Waals surface area contributed by atoms with Crippen molar-refractivity contribution in [2.75, 3.05) is 19.8 Å². The van der Waals surface area contributed by atoms with E-state index in [9.17, 15) is 19.3 Å². The van der Waals surface area contributed by atoms with E-state index >= 15 is 0 Å². The van der Waals surface area contributed by atoms with Crippen LogP contribution in [0.2, 0.25) is 0 Å². The predicted molar refractivity (Wildman–Crippen MR) is 80.0 cm³/mol. The molecule has 0 bridgehead atoms. The van der Waals surface area contributed by atoms with Crippen LogP contribution in [0.5, 0.6) is 0 Å². The van der Waals surface area contributed by atoms with Gasteiger partial charge in [0.05, 0.1) is 0 Å². The van der Waals surface area contributed by atoms with Crippen molar-refractivity contribution >= 4 is 5.91 Å². The van der Waals surface area contributed by atoms with Crippen LogP contribution in [0.25, 0.3) is 0 Å². The van der Waals surface area contributed by atoms with Crippen LogP contribution in [0, 0.1) is 21.8 Å². The van der Waals surface area contributed by atoms with Crippen LogP contribution >= 0.6 is 0 Å². The number of hydrogen-bond donors (Lipinski definition) is 1. The van der Waals surface area contributed by atoms with Crippen molar-refractivity contribution in [2.45, 2.75) is 30.7 Å². The number of nitro groups is 1. The van der Waals surface area contributed by atoms with E-state index in [4.69, 9.17) is 4.74 Å². The van der Waals surface area contributed by atoms with Gasteiger partial charge in [0.2, 0.25) is 11.9 Å². The highest BCUT2D eigenvalue weighted by Gasteiger charge is 2.53. The molecule has 1 aromatic rings. The number of rotatable bonds is 5. The lowest BCUT2D eigenvalue weighted by molar-refractivity contribution is -0.497. The molecule has 3 rings (SSSR count). The van der Waals surface area contributed by atoms with Gasteiger partial charge in [-0.3, -0.25) is 14.9 Å². The molecule has 1 saturated carbocycles. The maximum absolute atomic E-state index is 13.6. The first-order chi connectivity index (χ1) is 11.0. The molecule has 1 amide bonds. The van der Waals surface area contributed by atoms with E-state index in [0.717, 1.165) is 5.56 Å². The molecular formula is C16H19FN2O4. The molecule has 1 saturated heterocycles. The summed E-state index contributed by atoms with van der Waals surface area (Å²) in [6, 6.07) is 5.65. The fourth-order valence-corrected chi connectivity index (χ4v) is 3.23. The maximum Gasteiger partial charge on any atom is 0.230 e. The second kappa shape index (κ2) is 6.23. The van der Waals surface area contributed by atoms with Crippen molar-refractivity contribution < 1.29 is 18.8 Å². The average Bonchev–Trinajstić information content (AvgIpc) is 3.34. The molecule has 1 heterocycles. The Morgan fingerprint density at radius 1 is 1.43 bits per heavy atom. The molecule has 0 spiro atoms. The van der Waals surface area contributed by atoms with Crippen molar-refractivity contribution in [3.05, 3.63) is 45.8 Å². The molecule has 6 nitrogen and oxygen atoms in total. The smallest absolute Gasteiger partial charge is 0.230 e. The molecule has 1 aliphatic heterocycles. The number of nitrogens with zero attached hydrogens (tertiary/aromatic N) is 1. The molecule has 0 unspecified atom stereocenters. The first-order valence-electron chi connectivity index (χ1n) is 7.77. The third kappa shape index (κ3) is 3.34. The van der Waals surface area contributed by atoms with E-state index in [2.05, 4.69) is 5.32 Å². The Morgan fingerprint density at radius 3 is 2.78 bits per heavy atom. The van der Waals surface area contributed by atoms with Gasteiger partial charge in [0.15, 0.2) is 0 Å². The Morgan fingerprint density at radius 2 is 2.17 bits per heavy atom. The largest absolute Gasteiger partial charge is 0.381 e. The fraction of sp³-hybridized carbons (Fsp3) is 0.562. The lowest BCUT2D eigenvalue weighted by atomic mass is 9.74. The Balaban J connectivity index is 1.70. The van der Waals surface area contributed by atoms with Gasteiger partial charge in [-0.15, -0.1) is 0 Å². The summed E-state index contributed by atoms with van der Waals surface area (Å²) in [6.07, 6.45) is 1.66. The second-order valence-corrected chi connectivity index (χ2v) is 6.32. The second-order valence-electron chi connectivity index (χ2n) is 6.32. The Kier molecular flexibility index (Phi) is 4.30. The monoisotopic (exact) mass is 322 g/mol. The number of carbonyl (C=O) groups is 1. The van der Waals surface area contributed by atoms with Gasteiger partial charge in [-0.05, 0) is 30.5 Å². The number of amides is 1. The molecule has 2 aliphatic rings. The number of nitrogens with one attached hydrogen (secondary N) is 1. The zero-order valence-corrected chi connectivity index (χ0v) is 12.7. The van der Waals surface area contributed by atoms with Crippen LogP contribution in [0.3, 0.4) is 0 Å². The third-order valence-corrected chi connectivity index (χ3v) is 4.85. The Bertz CT molecular complexity index is 616. The van der Waals surface area contributed by atoms with E-state index in [-0.39, 0.29) is 17.1 Å². The molecular weight excluding hydrogens is 303 g/mol. The van der Waals surface area contributed by atoms with E-state index in [0.29, 0.717) is 39.0 Å². The highest BCUT2D eigenvalue weighted by molar-refractivity contribution is 5.82. The number of hydrogen-bond acceptors (Lipinski definition) is 4. The summed E-state index contributed by atoms with van der Waals surface area (Å²) in [7, 11) is 0. The molecule has 0 aromatic heterocycles. The molecule has 0 radical (unpaired) electrons. The van der Waals surface area contributed by atoms with Crippen molar-refractivity contribution in [2.24, 2.45) is 5.92 Å². The Labute approximate surface area is 133 Å². The quantitative estimate of drug-likeness (QED) is 0.660. The molecule has 1 aromatic carbocycles. The Hall–Kier alpha value is -2.02. The first kappa shape index (κ1) is 15.9. The minimum absolute atomic E-state index is 0.283. The third-order valence-electron chi connectivity index (χ3n) is 4.85. The SMILES string of the molecule is O=C(NCC1(c2cccc(F)c2)CCOCC1)[C@@H]1C[C@H]1[N+](=O)[O-]. The molecule has 1 N–H and O–H groups in total. The van der Waals surface area contributed by atoms with Gasteiger partial charge in [-0.1, -0.05) is 12.1 Å². The van der Waals surface area contributed by atoms with Gasteiger partial charge in [-0.25, -0.2) is 4.39 Å². The predicted octanol–water partition coefficient (Wildman–Crippen LogP) is 1.66. The van der Waals surface area contributed by atoms with Gasteiger partial charge in [0.1, 0.15) is 11.7 Å². The van der Waals surface area contributed by atoms with Crippen LogP contribution < -0.4 is 5.32 Å². The molecule has 124 valence electrons. The minimum atomic E-state index is -0.755. The molecule has 2 atom stereocenters. The van der Waals surface area contributed by atoms with Gasteiger partial charge < -0.3 is 10.1 Å². The summed E-state index contributed by atoms with van der Waals surface area (Å²) in [4.78, 5) is 22.4. The average molecular weight is 322 g/mol. The van der Waals surface area contributed by atoms with Crippen molar-refractivity contribution in [1.29, 1.82) is 0 Å². The van der Waals surface area contributed by atoms with Gasteiger partial charge in [-0.2, -0.15) is 0 Å². The van der Waals surface area contributed by atoms with Crippen LogP contribution in [-0.2, 0) is 14.9 Å². The first-order valence-corrected chi connectivity index (χ1v) is 7.77. The number of carbonyl (C=O) groups excluding carboxylic acids is 1. The summed E-state index contributed by atoms with van der Waals surface area (Å²) >= 11 is 0. The maximum atomic E-state index is 13.6. The van der Waals surface area contributed by atoms with E-state index in [1.165, 1.54) is 12.1 Å². The summed E-state index contributed by atoms with van der Waals surface area (Å²) in [6.45, 7) is 1.44. The zero-order chi connectivity index (χ0) is 16.4. The highest BCUT2D eigenvalue weighted by Crippen LogP contribution is 2.36. The van der Waals surface area contributed by atoms with E-state index in [1.807, 2.05) is 6.07 Å². The molecule has 1 aliphatic carbocycles. The standard InChI is InChI=1S/C16H19FN2O4/c17-12-3-1-2-11(8-12)16(4-6-23-7-5-16)10-18-15(20)13-9-14(13)19(21)22/h1-3,8,13-14H,4-7,9-10H2,(H,18,20)/t13-,14-/m1/s1. The van der Waals surface area contributed by atoms with Crippen molar-refractivity contribution in [3.8, 4) is 0 Å². The highest BCUT2D eigenvalue weighted by atomic mass is 19.1. The van der Waals surface area contributed by atoms with Gasteiger partial charge in [0, 0.05) is 36.5 Å². The van der Waals surface area contributed by atoms with Crippen LogP contribution in [-0.4, -0.2) is 36.6 Å². The van der Waals surface area contributed by atoms with E-state index in [1.54, 1.807) is 6.07 Å². The minimum Gasteiger partial charge on any atom is -0.381 e. The molecule has 7 heteroatoms. The fourth-order valence-electron chi connectivity index (χ4n) is 3.23. The lowest BCUT2D eigenvalue weighted by Gasteiger charge is -2.38. The molecule has 23 heavy (non-hydrogen) atoms. The summed E-state index contributed by atoms with van der Waals surface area (Å²) < 4.78 is 19.0. The van der Waals surface area contributed by atoms with Gasteiger partial charge in [0.25, 0.3) is 0 Å². The van der Waals surface area contributed by atoms with Crippen LogP contribution in [0.4, 0.5) is 4.39 Å². The number of halogens is 1. The molecule has 2 fully saturated rings. The topological polar surface area (TPSA) is 81.5 Å². The van der Waals surface area contributed by atoms with Gasteiger partial charge >= 0.3 is 0 Å². The summed E-state index contributed by atoms with van der Waals surface area (Å²) in [5, 5.41) is 13.5. The summed E-state index contributed by atoms with van der Waals surface area (Å²) in [5.74, 6) is -1.13. The summed E-state index contributed by atoms with van der Waals surface area (Å²) in [5.41, 5.74) is 0.456. The van der Waals surface area contributed by atoms with E-state index < -0.39 is 16.9 Å². The zero-order valence-electron chi connectivity index (χ0n) is 12.7. The number of benzene rings is 1.